The summed E-state index contributed by atoms with van der Waals surface area (Å²) in [5, 5.41) is 9.50. The van der Waals surface area contributed by atoms with Crippen LogP contribution in [0, 0.1) is 0 Å². The van der Waals surface area contributed by atoms with Gasteiger partial charge in [-0.3, -0.25) is 4.79 Å². The normalized spacial score (nSPS) is 12.5. The topological polar surface area (TPSA) is 55.8 Å². The predicted molar refractivity (Wildman–Crippen MR) is 57.6 cm³/mol. The van der Waals surface area contributed by atoms with E-state index in [0.29, 0.717) is 26.1 Å². The molecular formula is C11H22O4. The van der Waals surface area contributed by atoms with Gasteiger partial charge in [0.1, 0.15) is 0 Å². The van der Waals surface area contributed by atoms with Crippen molar-refractivity contribution < 1.29 is 19.4 Å². The summed E-state index contributed by atoms with van der Waals surface area (Å²) in [6.07, 6.45) is 3.15. The van der Waals surface area contributed by atoms with Crippen molar-refractivity contribution >= 4 is 5.97 Å². The van der Waals surface area contributed by atoms with Crippen molar-refractivity contribution in [1.82, 2.24) is 0 Å². The largest absolute Gasteiger partial charge is 0.469 e. The summed E-state index contributed by atoms with van der Waals surface area (Å²) in [6.45, 7) is 3.23. The number of rotatable bonds is 9. The average molecular weight is 218 g/mol. The van der Waals surface area contributed by atoms with Gasteiger partial charge in [0.2, 0.25) is 0 Å². The molecule has 1 atom stereocenters. The van der Waals surface area contributed by atoms with Gasteiger partial charge >= 0.3 is 5.97 Å². The Bertz CT molecular complexity index is 159. The fourth-order valence-corrected chi connectivity index (χ4v) is 1.26. The number of ether oxygens (including phenoxy) is 2. The number of carbonyl (C=O) groups is 1. The van der Waals surface area contributed by atoms with Gasteiger partial charge in [-0.2, -0.15) is 0 Å². The quantitative estimate of drug-likeness (QED) is 0.471. The Hall–Kier alpha value is -0.610. The number of esters is 1. The van der Waals surface area contributed by atoms with Crippen molar-refractivity contribution in [2.45, 2.75) is 45.1 Å². The summed E-state index contributed by atoms with van der Waals surface area (Å²) in [5.41, 5.74) is 0. The van der Waals surface area contributed by atoms with Gasteiger partial charge in [0.05, 0.1) is 13.2 Å². The summed E-state index contributed by atoms with van der Waals surface area (Å²) in [4.78, 5) is 10.8. The standard InChI is InChI=1S/C11H22O4/c1-3-15-9-8-10(12)6-4-5-7-11(13)14-2/h10,12H,3-9H2,1-2H3/t10-/m1/s1. The Labute approximate surface area is 91.6 Å². The van der Waals surface area contributed by atoms with Crippen LogP contribution >= 0.6 is 0 Å². The van der Waals surface area contributed by atoms with Gasteiger partial charge in [-0.1, -0.05) is 6.42 Å². The monoisotopic (exact) mass is 218 g/mol. The molecular weight excluding hydrogens is 196 g/mol. The first-order chi connectivity index (χ1) is 7.20. The predicted octanol–water partition coefficient (Wildman–Crippen LogP) is 1.51. The Morgan fingerprint density at radius 3 is 2.67 bits per heavy atom. The van der Waals surface area contributed by atoms with Crippen LogP contribution in [0.1, 0.15) is 39.0 Å². The molecule has 0 aliphatic rings. The van der Waals surface area contributed by atoms with E-state index in [1.807, 2.05) is 6.92 Å². The van der Waals surface area contributed by atoms with E-state index >= 15 is 0 Å². The summed E-state index contributed by atoms with van der Waals surface area (Å²) in [5.74, 6) is -0.182. The lowest BCUT2D eigenvalue weighted by Gasteiger charge is -2.09. The molecule has 0 spiro atoms. The molecule has 0 aliphatic heterocycles. The molecule has 1 N–H and O–H groups in total. The smallest absolute Gasteiger partial charge is 0.305 e. The molecule has 0 amide bonds. The number of hydrogen-bond acceptors (Lipinski definition) is 4. The highest BCUT2D eigenvalue weighted by Crippen LogP contribution is 2.07. The van der Waals surface area contributed by atoms with Crippen LogP contribution < -0.4 is 0 Å². The molecule has 0 fully saturated rings. The molecule has 15 heavy (non-hydrogen) atoms. The van der Waals surface area contributed by atoms with Crippen LogP contribution in [0.3, 0.4) is 0 Å². The first kappa shape index (κ1) is 14.4. The van der Waals surface area contributed by atoms with Crippen LogP contribution in [-0.2, 0) is 14.3 Å². The fourth-order valence-electron chi connectivity index (χ4n) is 1.26. The van der Waals surface area contributed by atoms with Gasteiger partial charge in [0.25, 0.3) is 0 Å². The molecule has 0 aliphatic carbocycles. The molecule has 4 nitrogen and oxygen atoms in total. The molecule has 0 saturated heterocycles. The molecule has 90 valence electrons. The third kappa shape index (κ3) is 9.69. The Morgan fingerprint density at radius 1 is 1.33 bits per heavy atom. The molecule has 0 saturated carbocycles. The number of hydrogen-bond donors (Lipinski definition) is 1. The zero-order valence-corrected chi connectivity index (χ0v) is 9.70. The highest BCUT2D eigenvalue weighted by Gasteiger charge is 2.05. The molecule has 0 heterocycles. The molecule has 0 rings (SSSR count). The van der Waals surface area contributed by atoms with Crippen LogP contribution in [0.25, 0.3) is 0 Å². The minimum absolute atomic E-state index is 0.182. The van der Waals surface area contributed by atoms with Crippen molar-refractivity contribution in [2.24, 2.45) is 0 Å². The maximum Gasteiger partial charge on any atom is 0.305 e. The second-order valence-electron chi connectivity index (χ2n) is 3.46. The molecule has 0 aromatic rings. The number of aliphatic hydroxyl groups excluding tert-OH is 1. The van der Waals surface area contributed by atoms with E-state index in [2.05, 4.69) is 4.74 Å². The van der Waals surface area contributed by atoms with E-state index in [0.717, 1.165) is 19.3 Å². The van der Waals surface area contributed by atoms with Crippen LogP contribution in [-0.4, -0.2) is 37.5 Å². The van der Waals surface area contributed by atoms with E-state index in [9.17, 15) is 9.90 Å². The fraction of sp³-hybridized carbons (Fsp3) is 0.909. The van der Waals surface area contributed by atoms with Gasteiger partial charge in [0.15, 0.2) is 0 Å². The summed E-state index contributed by atoms with van der Waals surface area (Å²) >= 11 is 0. The lowest BCUT2D eigenvalue weighted by molar-refractivity contribution is -0.140. The van der Waals surface area contributed by atoms with E-state index in [-0.39, 0.29) is 12.1 Å². The first-order valence-corrected chi connectivity index (χ1v) is 5.53. The zero-order chi connectivity index (χ0) is 11.5. The second kappa shape index (κ2) is 9.93. The van der Waals surface area contributed by atoms with Crippen molar-refractivity contribution in [2.75, 3.05) is 20.3 Å². The van der Waals surface area contributed by atoms with E-state index in [1.54, 1.807) is 0 Å². The van der Waals surface area contributed by atoms with Crippen molar-refractivity contribution in [3.63, 3.8) is 0 Å². The number of methoxy groups -OCH3 is 1. The van der Waals surface area contributed by atoms with E-state index in [1.165, 1.54) is 7.11 Å². The Morgan fingerprint density at radius 2 is 2.07 bits per heavy atom. The molecule has 4 heteroatoms. The van der Waals surface area contributed by atoms with Gasteiger partial charge < -0.3 is 14.6 Å². The van der Waals surface area contributed by atoms with Gasteiger partial charge in [-0.25, -0.2) is 0 Å². The minimum Gasteiger partial charge on any atom is -0.469 e. The van der Waals surface area contributed by atoms with Crippen molar-refractivity contribution in [3.05, 3.63) is 0 Å². The summed E-state index contributed by atoms with van der Waals surface area (Å²) in [7, 11) is 1.39. The Balaban J connectivity index is 3.23. The van der Waals surface area contributed by atoms with Crippen LogP contribution in [0.15, 0.2) is 0 Å². The maximum atomic E-state index is 10.8. The van der Waals surface area contributed by atoms with Crippen LogP contribution in [0.4, 0.5) is 0 Å². The second-order valence-corrected chi connectivity index (χ2v) is 3.46. The third-order valence-electron chi connectivity index (χ3n) is 2.20. The maximum absolute atomic E-state index is 10.8. The van der Waals surface area contributed by atoms with Crippen molar-refractivity contribution in [3.8, 4) is 0 Å². The van der Waals surface area contributed by atoms with E-state index in [4.69, 9.17) is 4.74 Å². The molecule has 0 aromatic carbocycles. The molecule has 0 unspecified atom stereocenters. The van der Waals surface area contributed by atoms with Crippen LogP contribution in [0.5, 0.6) is 0 Å². The minimum atomic E-state index is -0.311. The summed E-state index contributed by atoms with van der Waals surface area (Å²) < 4.78 is 9.65. The van der Waals surface area contributed by atoms with Gasteiger partial charge in [-0.15, -0.1) is 0 Å². The SMILES string of the molecule is CCOCC[C@H](O)CCCCC(=O)OC. The summed E-state index contributed by atoms with van der Waals surface area (Å²) in [6, 6.07) is 0. The lowest BCUT2D eigenvalue weighted by Crippen LogP contribution is -2.10. The van der Waals surface area contributed by atoms with Gasteiger partial charge in [0, 0.05) is 19.6 Å². The Kier molecular flexibility index (Phi) is 9.52. The number of carbonyl (C=O) groups excluding carboxylic acids is 1. The highest BCUT2D eigenvalue weighted by atomic mass is 16.5. The molecule has 0 radical (unpaired) electrons. The molecule has 0 aromatic heterocycles. The average Bonchev–Trinajstić information content (AvgIpc) is 2.24. The third-order valence-corrected chi connectivity index (χ3v) is 2.20. The zero-order valence-electron chi connectivity index (χ0n) is 9.70. The number of aliphatic hydroxyl groups is 1. The first-order valence-electron chi connectivity index (χ1n) is 5.53. The lowest BCUT2D eigenvalue weighted by atomic mass is 10.1. The van der Waals surface area contributed by atoms with Crippen molar-refractivity contribution in [1.29, 1.82) is 0 Å². The highest BCUT2D eigenvalue weighted by molar-refractivity contribution is 5.68. The van der Waals surface area contributed by atoms with Crippen LogP contribution in [0.2, 0.25) is 0 Å². The van der Waals surface area contributed by atoms with E-state index < -0.39 is 0 Å². The molecule has 0 bridgehead atoms. The van der Waals surface area contributed by atoms with Gasteiger partial charge in [-0.05, 0) is 26.2 Å². The number of unbranched alkanes of at least 4 members (excludes halogenated alkanes) is 1.